The molecule has 7 nitrogen and oxygen atoms in total. The van der Waals surface area contributed by atoms with Gasteiger partial charge in [0.2, 0.25) is 0 Å². The highest BCUT2D eigenvalue weighted by Crippen LogP contribution is 2.35. The van der Waals surface area contributed by atoms with Crippen LogP contribution in [-0.4, -0.2) is 47.0 Å². The molecule has 1 atom stereocenters. The molecule has 8 heteroatoms. The monoisotopic (exact) mass is 386 g/mol. The van der Waals surface area contributed by atoms with Crippen molar-refractivity contribution in [2.75, 3.05) is 25.2 Å². The maximum atomic E-state index is 13.2. The van der Waals surface area contributed by atoms with Crippen molar-refractivity contribution in [3.63, 3.8) is 0 Å². The van der Waals surface area contributed by atoms with E-state index in [-0.39, 0.29) is 12.0 Å². The molecule has 0 bridgehead atoms. The largest absolute Gasteiger partial charge is 0.494 e. The third-order valence-electron chi connectivity index (χ3n) is 4.66. The summed E-state index contributed by atoms with van der Waals surface area (Å²) >= 11 is 1.48. The lowest BCUT2D eigenvalue weighted by atomic mass is 10.2. The minimum Gasteiger partial charge on any atom is -0.494 e. The molecule has 0 N–H and O–H groups in total. The Balaban J connectivity index is 1.71. The lowest BCUT2D eigenvalue weighted by Crippen LogP contribution is -2.37. The van der Waals surface area contributed by atoms with Crippen molar-refractivity contribution in [1.82, 2.24) is 14.8 Å². The summed E-state index contributed by atoms with van der Waals surface area (Å²) in [5.74, 6) is 0.547. The van der Waals surface area contributed by atoms with E-state index in [0.717, 1.165) is 36.2 Å². The minimum absolute atomic E-state index is 0.0242. The van der Waals surface area contributed by atoms with E-state index in [1.165, 1.54) is 11.3 Å². The molecule has 4 rings (SSSR count). The summed E-state index contributed by atoms with van der Waals surface area (Å²) < 4.78 is 13.9. The Bertz CT molecular complexity index is 945. The van der Waals surface area contributed by atoms with E-state index < -0.39 is 0 Å². The van der Waals surface area contributed by atoms with Crippen LogP contribution < -0.4 is 9.64 Å². The van der Waals surface area contributed by atoms with Crippen LogP contribution in [0.15, 0.2) is 30.5 Å². The van der Waals surface area contributed by atoms with Gasteiger partial charge in [0.15, 0.2) is 10.8 Å². The van der Waals surface area contributed by atoms with Crippen molar-refractivity contribution in [2.24, 2.45) is 0 Å². The second-order valence-electron chi connectivity index (χ2n) is 6.41. The van der Waals surface area contributed by atoms with Gasteiger partial charge in [-0.05, 0) is 38.0 Å². The van der Waals surface area contributed by atoms with Crippen LogP contribution in [0.5, 0.6) is 5.75 Å². The predicted molar refractivity (Wildman–Crippen MR) is 105 cm³/mol. The maximum Gasteiger partial charge on any atom is 0.280 e. The quantitative estimate of drug-likeness (QED) is 0.650. The van der Waals surface area contributed by atoms with Crippen LogP contribution in [0.1, 0.15) is 30.3 Å². The Labute approximate surface area is 161 Å². The summed E-state index contributed by atoms with van der Waals surface area (Å²) in [6.07, 6.45) is 3.81. The van der Waals surface area contributed by atoms with Crippen LogP contribution in [0.25, 0.3) is 10.2 Å². The number of aromatic nitrogens is 3. The van der Waals surface area contributed by atoms with Crippen molar-refractivity contribution < 1.29 is 14.3 Å². The average Bonchev–Trinajstić information content (AvgIpc) is 3.45. The molecular weight excluding hydrogens is 364 g/mol. The summed E-state index contributed by atoms with van der Waals surface area (Å²) in [5.41, 5.74) is 1.19. The van der Waals surface area contributed by atoms with Crippen LogP contribution in [0.4, 0.5) is 5.13 Å². The zero-order valence-corrected chi connectivity index (χ0v) is 16.2. The van der Waals surface area contributed by atoms with Crippen LogP contribution in [0.2, 0.25) is 0 Å². The van der Waals surface area contributed by atoms with Crippen LogP contribution in [-0.2, 0) is 11.3 Å². The fraction of sp³-hybridized carbons (Fsp3) is 0.421. The number of carbonyl (C=O) groups excluding carboxylic acids is 1. The number of rotatable bonds is 6. The first kappa shape index (κ1) is 17.9. The number of hydrogen-bond donors (Lipinski definition) is 0. The standard InChI is InChI=1S/C19H22N4O3S/c1-3-22-10-9-14(21-22)18(24)23(12-13-6-5-11-26-13)19-20-17-15(25-2)7-4-8-16(17)27-19/h4,7-10,13H,3,5-6,11-12H2,1-2H3. The average molecular weight is 386 g/mol. The number of benzene rings is 1. The lowest BCUT2D eigenvalue weighted by Gasteiger charge is -2.22. The number of anilines is 1. The first-order valence-electron chi connectivity index (χ1n) is 9.10. The molecule has 1 unspecified atom stereocenters. The van der Waals surface area contributed by atoms with Crippen molar-refractivity contribution >= 4 is 32.6 Å². The number of carbonyl (C=O) groups is 1. The highest BCUT2D eigenvalue weighted by Gasteiger charge is 2.28. The summed E-state index contributed by atoms with van der Waals surface area (Å²) in [6, 6.07) is 7.54. The predicted octanol–water partition coefficient (Wildman–Crippen LogP) is 3.35. The number of para-hydroxylation sites is 1. The van der Waals surface area contributed by atoms with E-state index in [9.17, 15) is 4.79 Å². The molecule has 1 aromatic carbocycles. The molecule has 0 radical (unpaired) electrons. The molecule has 27 heavy (non-hydrogen) atoms. The Morgan fingerprint density at radius 3 is 3.04 bits per heavy atom. The van der Waals surface area contributed by atoms with Gasteiger partial charge in [-0.15, -0.1) is 0 Å². The number of ether oxygens (including phenoxy) is 2. The van der Waals surface area contributed by atoms with Gasteiger partial charge in [0.1, 0.15) is 11.3 Å². The molecule has 1 aliphatic heterocycles. The number of amides is 1. The van der Waals surface area contributed by atoms with Gasteiger partial charge in [0, 0.05) is 19.3 Å². The smallest absolute Gasteiger partial charge is 0.280 e. The van der Waals surface area contributed by atoms with Crippen LogP contribution >= 0.6 is 11.3 Å². The second-order valence-corrected chi connectivity index (χ2v) is 7.42. The molecule has 0 saturated carbocycles. The third kappa shape index (κ3) is 3.54. The molecule has 1 fully saturated rings. The van der Waals surface area contributed by atoms with Gasteiger partial charge in [-0.1, -0.05) is 17.4 Å². The summed E-state index contributed by atoms with van der Waals surface area (Å²) in [6.45, 7) is 3.92. The number of aryl methyl sites for hydroxylation is 1. The molecule has 3 heterocycles. The fourth-order valence-corrected chi connectivity index (χ4v) is 4.21. The van der Waals surface area contributed by atoms with E-state index >= 15 is 0 Å². The Morgan fingerprint density at radius 2 is 2.33 bits per heavy atom. The molecule has 1 saturated heterocycles. The Kier molecular flexibility index (Phi) is 5.09. The third-order valence-corrected chi connectivity index (χ3v) is 5.70. The maximum absolute atomic E-state index is 13.2. The first-order valence-corrected chi connectivity index (χ1v) is 9.91. The summed E-state index contributed by atoms with van der Waals surface area (Å²) in [7, 11) is 1.63. The highest BCUT2D eigenvalue weighted by atomic mass is 32.1. The number of hydrogen-bond acceptors (Lipinski definition) is 6. The van der Waals surface area contributed by atoms with E-state index in [2.05, 4.69) is 5.10 Å². The lowest BCUT2D eigenvalue weighted by molar-refractivity contribution is 0.0912. The second kappa shape index (κ2) is 7.66. The van der Waals surface area contributed by atoms with Gasteiger partial charge < -0.3 is 9.47 Å². The molecular formula is C19H22N4O3S. The SMILES string of the molecule is CCn1ccc(C(=O)N(CC2CCCO2)c2nc3c(OC)cccc3s2)n1. The normalized spacial score (nSPS) is 16.7. The molecule has 2 aromatic heterocycles. The molecule has 142 valence electrons. The zero-order valence-electron chi connectivity index (χ0n) is 15.4. The van der Waals surface area contributed by atoms with Crippen molar-refractivity contribution in [3.05, 3.63) is 36.2 Å². The van der Waals surface area contributed by atoms with Gasteiger partial charge in [0.05, 0.1) is 24.5 Å². The summed E-state index contributed by atoms with van der Waals surface area (Å²) in [5, 5.41) is 5.01. The van der Waals surface area contributed by atoms with E-state index in [4.69, 9.17) is 14.5 Å². The number of thiazole rings is 1. The number of fused-ring (bicyclic) bond motifs is 1. The van der Waals surface area contributed by atoms with Gasteiger partial charge in [-0.2, -0.15) is 5.10 Å². The van der Waals surface area contributed by atoms with Gasteiger partial charge in [0.25, 0.3) is 5.91 Å². The van der Waals surface area contributed by atoms with E-state index in [1.807, 2.05) is 31.3 Å². The highest BCUT2D eigenvalue weighted by molar-refractivity contribution is 7.22. The van der Waals surface area contributed by atoms with Crippen LogP contribution in [0, 0.1) is 0 Å². The van der Waals surface area contributed by atoms with Crippen molar-refractivity contribution in [3.8, 4) is 5.75 Å². The fourth-order valence-electron chi connectivity index (χ4n) is 3.22. The molecule has 1 amide bonds. The zero-order chi connectivity index (χ0) is 18.8. The number of nitrogens with zero attached hydrogens (tertiary/aromatic N) is 4. The van der Waals surface area contributed by atoms with E-state index in [0.29, 0.717) is 23.1 Å². The van der Waals surface area contributed by atoms with Crippen molar-refractivity contribution in [2.45, 2.75) is 32.4 Å². The molecule has 1 aliphatic rings. The molecule has 3 aromatic rings. The number of methoxy groups -OCH3 is 1. The topological polar surface area (TPSA) is 69.5 Å². The Morgan fingerprint density at radius 1 is 1.44 bits per heavy atom. The molecule has 0 spiro atoms. The van der Waals surface area contributed by atoms with Gasteiger partial charge in [-0.25, -0.2) is 4.98 Å². The van der Waals surface area contributed by atoms with Gasteiger partial charge in [-0.3, -0.25) is 14.4 Å². The van der Waals surface area contributed by atoms with E-state index in [1.54, 1.807) is 22.8 Å². The van der Waals surface area contributed by atoms with Gasteiger partial charge >= 0.3 is 0 Å². The van der Waals surface area contributed by atoms with Crippen LogP contribution in [0.3, 0.4) is 0 Å². The summed E-state index contributed by atoms with van der Waals surface area (Å²) in [4.78, 5) is 19.6. The Hall–Kier alpha value is -2.45. The minimum atomic E-state index is -0.157. The molecule has 0 aliphatic carbocycles. The first-order chi connectivity index (χ1) is 13.2. The van der Waals surface area contributed by atoms with Crippen molar-refractivity contribution in [1.29, 1.82) is 0 Å².